The van der Waals surface area contributed by atoms with Gasteiger partial charge in [-0.25, -0.2) is 0 Å². The normalized spacial score (nSPS) is 12.9. The zero-order valence-electron chi connectivity index (χ0n) is 39.1. The van der Waals surface area contributed by atoms with Gasteiger partial charge in [0.15, 0.2) is 0 Å². The number of ether oxygens (including phenoxy) is 1. The molecule has 1 spiro atoms. The van der Waals surface area contributed by atoms with Crippen molar-refractivity contribution in [1.82, 2.24) is 0 Å². The van der Waals surface area contributed by atoms with Crippen LogP contribution >= 0.6 is 0 Å². The molecule has 0 bridgehead atoms. The lowest BCUT2D eigenvalue weighted by atomic mass is 9.65. The van der Waals surface area contributed by atoms with Crippen LogP contribution in [-0.2, 0) is 5.41 Å². The number of hydrogen-bond acceptors (Lipinski definition) is 3. The van der Waals surface area contributed by atoms with Crippen molar-refractivity contribution in [3.05, 3.63) is 283 Å². The Balaban J connectivity index is 0.888. The molecule has 0 N–H and O–H groups in total. The van der Waals surface area contributed by atoms with Crippen LogP contribution in [0.15, 0.2) is 265 Å². The van der Waals surface area contributed by atoms with Gasteiger partial charge in [-0.15, -0.1) is 0 Å². The molecular formula is C69H43NO2. The van der Waals surface area contributed by atoms with E-state index >= 15 is 0 Å². The van der Waals surface area contributed by atoms with Crippen LogP contribution in [0.1, 0.15) is 22.3 Å². The van der Waals surface area contributed by atoms with E-state index in [1.807, 2.05) is 12.1 Å². The molecule has 13 aromatic rings. The molecule has 72 heavy (non-hydrogen) atoms. The van der Waals surface area contributed by atoms with E-state index in [0.717, 1.165) is 105 Å². The predicted octanol–water partition coefficient (Wildman–Crippen LogP) is 18.8. The second kappa shape index (κ2) is 15.8. The van der Waals surface area contributed by atoms with Gasteiger partial charge in [-0.05, 0) is 103 Å². The molecule has 0 fully saturated rings. The van der Waals surface area contributed by atoms with Crippen LogP contribution in [0.3, 0.4) is 0 Å². The molecule has 0 radical (unpaired) electrons. The van der Waals surface area contributed by atoms with Gasteiger partial charge in [0.25, 0.3) is 0 Å². The highest BCUT2D eigenvalue weighted by Gasteiger charge is 2.52. The average Bonchev–Trinajstić information content (AvgIpc) is 3.98. The molecule has 1 aromatic heterocycles. The molecule has 0 unspecified atom stereocenters. The Morgan fingerprint density at radius 3 is 1.56 bits per heavy atom. The molecule has 336 valence electrons. The topological polar surface area (TPSA) is 25.6 Å². The van der Waals surface area contributed by atoms with Crippen molar-refractivity contribution in [3.63, 3.8) is 0 Å². The predicted molar refractivity (Wildman–Crippen MR) is 297 cm³/mol. The third-order valence-corrected chi connectivity index (χ3v) is 15.3. The number of benzene rings is 12. The lowest BCUT2D eigenvalue weighted by molar-refractivity contribution is 0.447. The Morgan fingerprint density at radius 2 is 0.833 bits per heavy atom. The van der Waals surface area contributed by atoms with E-state index in [4.69, 9.17) is 9.15 Å². The van der Waals surface area contributed by atoms with Crippen LogP contribution in [0.5, 0.6) is 11.5 Å². The van der Waals surface area contributed by atoms with Gasteiger partial charge in [0.05, 0.1) is 5.41 Å². The van der Waals surface area contributed by atoms with Crippen molar-refractivity contribution in [2.45, 2.75) is 5.41 Å². The first-order valence-electron chi connectivity index (χ1n) is 24.7. The maximum atomic E-state index is 7.23. The summed E-state index contributed by atoms with van der Waals surface area (Å²) in [5, 5.41) is 6.80. The van der Waals surface area contributed by atoms with E-state index in [1.54, 1.807) is 0 Å². The summed E-state index contributed by atoms with van der Waals surface area (Å²) in [6.07, 6.45) is 0. The number of nitrogens with zero attached hydrogens (tertiary/aromatic N) is 1. The fourth-order valence-corrected chi connectivity index (χ4v) is 12.1. The van der Waals surface area contributed by atoms with Crippen molar-refractivity contribution in [2.24, 2.45) is 0 Å². The highest BCUT2D eigenvalue weighted by molar-refractivity contribution is 6.10. The van der Waals surface area contributed by atoms with Crippen LogP contribution in [0.25, 0.3) is 88.0 Å². The number of fused-ring (bicyclic) bond motifs is 16. The summed E-state index contributed by atoms with van der Waals surface area (Å²) in [5.41, 5.74) is 18.6. The Labute approximate surface area is 417 Å². The minimum atomic E-state index is -0.623. The Hall–Kier alpha value is -9.44. The van der Waals surface area contributed by atoms with Gasteiger partial charge in [0.1, 0.15) is 22.7 Å². The molecule has 2 heterocycles. The molecule has 3 nitrogen and oxygen atoms in total. The maximum Gasteiger partial charge on any atom is 0.143 e. The van der Waals surface area contributed by atoms with Crippen LogP contribution in [0.2, 0.25) is 0 Å². The summed E-state index contributed by atoms with van der Waals surface area (Å²) in [6, 6.07) is 94.6. The molecular weight excluding hydrogens is 875 g/mol. The number of hydrogen-bond donors (Lipinski definition) is 0. The first kappa shape index (κ1) is 40.4. The van der Waals surface area contributed by atoms with Gasteiger partial charge >= 0.3 is 0 Å². The summed E-state index contributed by atoms with van der Waals surface area (Å²) in [7, 11) is 0. The molecule has 3 heteroatoms. The zero-order valence-corrected chi connectivity index (χ0v) is 39.1. The number of furan rings is 1. The van der Waals surface area contributed by atoms with Crippen molar-refractivity contribution < 1.29 is 9.15 Å². The molecule has 0 saturated heterocycles. The van der Waals surface area contributed by atoms with Gasteiger partial charge in [-0.1, -0.05) is 218 Å². The van der Waals surface area contributed by atoms with Crippen molar-refractivity contribution >= 4 is 60.5 Å². The standard InChI is InChI=1S/C69H43NO2/c1-2-15-44(16-3-1)49-19-12-20-52(43-49)70(51-39-33-48(34-40-51)54-26-13-27-58-57-23-9-11-30-64(57)71-66(54)58)50-37-31-47(32-38-50)53-25-14-29-61-65(53)59-24-8-10-28-60(59)69(61)62-41-35-45-17-4-6-21-55(45)67(62)72-68-56-22-7-5-18-46(56)36-42-63(68)69/h1-43H. The fourth-order valence-electron chi connectivity index (χ4n) is 12.1. The smallest absolute Gasteiger partial charge is 0.143 e. The lowest BCUT2D eigenvalue weighted by Crippen LogP contribution is -2.32. The summed E-state index contributed by atoms with van der Waals surface area (Å²) < 4.78 is 13.7. The Bertz CT molecular complexity index is 4220. The van der Waals surface area contributed by atoms with E-state index in [9.17, 15) is 0 Å². The molecule has 0 saturated carbocycles. The van der Waals surface area contributed by atoms with Crippen molar-refractivity contribution in [2.75, 3.05) is 4.90 Å². The molecule has 1 aliphatic carbocycles. The molecule has 2 aliphatic rings. The average molecular weight is 918 g/mol. The maximum absolute atomic E-state index is 7.23. The van der Waals surface area contributed by atoms with Crippen LogP contribution < -0.4 is 9.64 Å². The van der Waals surface area contributed by atoms with Gasteiger partial charge < -0.3 is 14.1 Å². The third-order valence-electron chi connectivity index (χ3n) is 15.3. The third kappa shape index (κ3) is 5.92. The summed E-state index contributed by atoms with van der Waals surface area (Å²) in [4.78, 5) is 2.37. The molecule has 0 atom stereocenters. The van der Waals surface area contributed by atoms with Gasteiger partial charge in [-0.2, -0.15) is 0 Å². The van der Waals surface area contributed by atoms with E-state index < -0.39 is 5.41 Å². The fraction of sp³-hybridized carbons (Fsp3) is 0.0145. The first-order valence-corrected chi connectivity index (χ1v) is 24.7. The van der Waals surface area contributed by atoms with Crippen LogP contribution in [-0.4, -0.2) is 0 Å². The lowest BCUT2D eigenvalue weighted by Gasteiger charge is -2.40. The molecule has 1 aliphatic heterocycles. The second-order valence-electron chi connectivity index (χ2n) is 19.1. The quantitative estimate of drug-likeness (QED) is 0.166. The zero-order chi connectivity index (χ0) is 47.3. The number of rotatable bonds is 6. The highest BCUT2D eigenvalue weighted by Crippen LogP contribution is 2.65. The van der Waals surface area contributed by atoms with Gasteiger partial charge in [0.2, 0.25) is 0 Å². The summed E-state index contributed by atoms with van der Waals surface area (Å²) >= 11 is 0. The van der Waals surface area contributed by atoms with Crippen molar-refractivity contribution in [1.29, 1.82) is 0 Å². The molecule has 12 aromatic carbocycles. The van der Waals surface area contributed by atoms with Crippen LogP contribution in [0, 0.1) is 0 Å². The van der Waals surface area contributed by atoms with Crippen molar-refractivity contribution in [3.8, 4) is 56.0 Å². The van der Waals surface area contributed by atoms with Gasteiger partial charge in [0, 0.05) is 55.3 Å². The number of para-hydroxylation sites is 2. The SMILES string of the molecule is c1ccc(-c2cccc(N(c3ccc(-c4cccc5c4-c4ccccc4C54c5ccc6ccccc6c5Oc5c4ccc4ccccc54)cc3)c3ccc(-c4cccc5c4oc4ccccc45)cc3)c2)cc1. The minimum Gasteiger partial charge on any atom is -0.455 e. The summed E-state index contributed by atoms with van der Waals surface area (Å²) in [6.45, 7) is 0. The Morgan fingerprint density at radius 1 is 0.306 bits per heavy atom. The molecule has 0 amide bonds. The summed E-state index contributed by atoms with van der Waals surface area (Å²) in [5.74, 6) is 1.84. The number of anilines is 3. The monoisotopic (exact) mass is 917 g/mol. The van der Waals surface area contributed by atoms with E-state index in [0.29, 0.717) is 0 Å². The second-order valence-corrected chi connectivity index (χ2v) is 19.1. The first-order chi connectivity index (χ1) is 35.7. The van der Waals surface area contributed by atoms with E-state index in [2.05, 4.69) is 254 Å². The molecule has 15 rings (SSSR count). The Kier molecular flexibility index (Phi) is 8.87. The highest BCUT2D eigenvalue weighted by atomic mass is 16.5. The van der Waals surface area contributed by atoms with Crippen LogP contribution in [0.4, 0.5) is 17.1 Å². The van der Waals surface area contributed by atoms with E-state index in [-0.39, 0.29) is 0 Å². The van der Waals surface area contributed by atoms with Gasteiger partial charge in [-0.3, -0.25) is 0 Å². The largest absolute Gasteiger partial charge is 0.455 e. The minimum absolute atomic E-state index is 0.623. The van der Waals surface area contributed by atoms with E-state index in [1.165, 1.54) is 33.4 Å².